The Morgan fingerprint density at radius 1 is 1.07 bits per heavy atom. The number of alkyl halides is 3. The maximum absolute atomic E-state index is 13.1. The molecule has 0 radical (unpaired) electrons. The first-order chi connectivity index (χ1) is 12.4. The SMILES string of the molecule is CC(C)(C)c1ccc(N2CCC3(CCC(C(O)C(F)(F)F)CC3)C2=O)cc1. The average Bonchev–Trinajstić information content (AvgIpc) is 2.90. The van der Waals surface area contributed by atoms with Crippen molar-refractivity contribution in [2.75, 3.05) is 11.4 Å². The van der Waals surface area contributed by atoms with Gasteiger partial charge in [0.05, 0.1) is 5.41 Å². The van der Waals surface area contributed by atoms with Crippen LogP contribution in [0, 0.1) is 11.3 Å². The minimum absolute atomic E-state index is 0.0194. The molecule has 1 saturated heterocycles. The van der Waals surface area contributed by atoms with E-state index in [0.29, 0.717) is 25.8 Å². The molecule has 2 aliphatic rings. The molecule has 0 bridgehead atoms. The Morgan fingerprint density at radius 2 is 1.63 bits per heavy atom. The van der Waals surface area contributed by atoms with Crippen molar-refractivity contribution in [2.45, 2.75) is 70.6 Å². The zero-order valence-electron chi connectivity index (χ0n) is 16.1. The minimum atomic E-state index is -4.59. The number of benzene rings is 1. The second-order valence-electron chi connectivity index (χ2n) is 9.11. The van der Waals surface area contributed by atoms with Gasteiger partial charge in [0.1, 0.15) is 0 Å². The molecule has 1 aromatic rings. The number of hydrogen-bond donors (Lipinski definition) is 1. The van der Waals surface area contributed by atoms with E-state index in [2.05, 4.69) is 20.8 Å². The Hall–Kier alpha value is -1.56. The second-order valence-corrected chi connectivity index (χ2v) is 9.11. The highest BCUT2D eigenvalue weighted by molar-refractivity contribution is 6.00. The molecule has 1 aliphatic heterocycles. The fraction of sp³-hybridized carbons (Fsp3) is 0.667. The van der Waals surface area contributed by atoms with Crippen LogP contribution < -0.4 is 4.90 Å². The van der Waals surface area contributed by atoms with Gasteiger partial charge >= 0.3 is 6.18 Å². The van der Waals surface area contributed by atoms with E-state index in [1.807, 2.05) is 24.3 Å². The van der Waals surface area contributed by atoms with Crippen LogP contribution in [-0.4, -0.2) is 29.8 Å². The van der Waals surface area contributed by atoms with E-state index < -0.39 is 23.6 Å². The van der Waals surface area contributed by atoms with E-state index in [-0.39, 0.29) is 24.2 Å². The summed E-state index contributed by atoms with van der Waals surface area (Å²) >= 11 is 0. The van der Waals surface area contributed by atoms with Crippen LogP contribution in [0.5, 0.6) is 0 Å². The molecule has 27 heavy (non-hydrogen) atoms. The van der Waals surface area contributed by atoms with E-state index in [1.54, 1.807) is 4.90 Å². The summed E-state index contributed by atoms with van der Waals surface area (Å²) in [6.45, 7) is 6.99. The number of aliphatic hydroxyl groups is 1. The van der Waals surface area contributed by atoms with Crippen LogP contribution in [0.2, 0.25) is 0 Å². The highest BCUT2D eigenvalue weighted by Gasteiger charge is 2.52. The summed E-state index contributed by atoms with van der Waals surface area (Å²) < 4.78 is 38.3. The Kier molecular flexibility index (Phi) is 5.08. The van der Waals surface area contributed by atoms with Gasteiger partial charge in [0, 0.05) is 12.2 Å². The van der Waals surface area contributed by atoms with Crippen molar-refractivity contribution in [2.24, 2.45) is 11.3 Å². The van der Waals surface area contributed by atoms with Crippen molar-refractivity contribution >= 4 is 11.6 Å². The molecule has 1 unspecified atom stereocenters. The van der Waals surface area contributed by atoms with Gasteiger partial charge < -0.3 is 10.0 Å². The normalized spacial score (nSPS) is 28.0. The molecule has 1 amide bonds. The van der Waals surface area contributed by atoms with Crippen LogP contribution in [0.25, 0.3) is 0 Å². The number of anilines is 1. The molecule has 1 N–H and O–H groups in total. The van der Waals surface area contributed by atoms with E-state index in [1.165, 1.54) is 5.56 Å². The van der Waals surface area contributed by atoms with Crippen LogP contribution in [0.15, 0.2) is 24.3 Å². The molecule has 1 spiro atoms. The van der Waals surface area contributed by atoms with Gasteiger partial charge in [0.2, 0.25) is 5.91 Å². The van der Waals surface area contributed by atoms with Crippen molar-refractivity contribution in [3.8, 4) is 0 Å². The van der Waals surface area contributed by atoms with Crippen molar-refractivity contribution < 1.29 is 23.1 Å². The molecule has 1 heterocycles. The number of amides is 1. The number of nitrogens with zero attached hydrogens (tertiary/aromatic N) is 1. The fourth-order valence-electron chi connectivity index (χ4n) is 4.45. The Bertz CT molecular complexity index is 683. The van der Waals surface area contributed by atoms with Gasteiger partial charge in [-0.3, -0.25) is 4.79 Å². The maximum atomic E-state index is 13.1. The van der Waals surface area contributed by atoms with Gasteiger partial charge in [-0.15, -0.1) is 0 Å². The topological polar surface area (TPSA) is 40.5 Å². The van der Waals surface area contributed by atoms with E-state index in [4.69, 9.17) is 0 Å². The van der Waals surface area contributed by atoms with E-state index in [9.17, 15) is 23.1 Å². The first-order valence-electron chi connectivity index (χ1n) is 9.61. The van der Waals surface area contributed by atoms with Gasteiger partial charge in [-0.1, -0.05) is 32.9 Å². The molecule has 3 nitrogen and oxygen atoms in total. The standard InChI is InChI=1S/C21H28F3NO2/c1-19(2,3)15-4-6-16(7-5-15)25-13-12-20(18(25)27)10-8-14(9-11-20)17(26)21(22,23)24/h4-7,14,17,26H,8-13H2,1-3H3. The molecule has 0 aromatic heterocycles. The van der Waals surface area contributed by atoms with Crippen LogP contribution in [0.1, 0.15) is 58.4 Å². The Balaban J connectivity index is 1.69. The third kappa shape index (κ3) is 3.86. The lowest BCUT2D eigenvalue weighted by molar-refractivity contribution is -0.223. The summed E-state index contributed by atoms with van der Waals surface area (Å²) in [5, 5.41) is 9.51. The smallest absolute Gasteiger partial charge is 0.383 e. The zero-order chi connectivity index (χ0) is 20.0. The quantitative estimate of drug-likeness (QED) is 0.795. The van der Waals surface area contributed by atoms with Gasteiger partial charge in [0.25, 0.3) is 0 Å². The van der Waals surface area contributed by atoms with Gasteiger partial charge in [-0.25, -0.2) is 0 Å². The molecule has 6 heteroatoms. The van der Waals surface area contributed by atoms with Gasteiger partial charge in [0.15, 0.2) is 6.10 Å². The molecule has 1 saturated carbocycles. The van der Waals surface area contributed by atoms with Crippen LogP contribution in [0.3, 0.4) is 0 Å². The van der Waals surface area contributed by atoms with Crippen molar-refractivity contribution in [1.82, 2.24) is 0 Å². The highest BCUT2D eigenvalue weighted by atomic mass is 19.4. The molecular formula is C21H28F3NO2. The highest BCUT2D eigenvalue weighted by Crippen LogP contribution is 2.49. The first-order valence-corrected chi connectivity index (χ1v) is 9.61. The molecule has 1 aliphatic carbocycles. The largest absolute Gasteiger partial charge is 0.414 e. The van der Waals surface area contributed by atoms with E-state index in [0.717, 1.165) is 5.69 Å². The maximum Gasteiger partial charge on any atom is 0.414 e. The molecule has 2 fully saturated rings. The molecular weight excluding hydrogens is 355 g/mol. The summed E-state index contributed by atoms with van der Waals surface area (Å²) in [7, 11) is 0. The summed E-state index contributed by atoms with van der Waals surface area (Å²) in [5.74, 6) is -0.783. The number of aliphatic hydroxyl groups excluding tert-OH is 1. The van der Waals surface area contributed by atoms with Crippen LogP contribution in [-0.2, 0) is 10.2 Å². The molecule has 1 atom stereocenters. The Morgan fingerprint density at radius 3 is 2.11 bits per heavy atom. The number of rotatable bonds is 2. The minimum Gasteiger partial charge on any atom is -0.383 e. The fourth-order valence-corrected chi connectivity index (χ4v) is 4.45. The van der Waals surface area contributed by atoms with Gasteiger partial charge in [-0.05, 0) is 61.1 Å². The molecule has 150 valence electrons. The van der Waals surface area contributed by atoms with Crippen LogP contribution >= 0.6 is 0 Å². The Labute approximate surface area is 158 Å². The summed E-state index contributed by atoms with van der Waals surface area (Å²) in [5.41, 5.74) is 1.51. The number of hydrogen-bond acceptors (Lipinski definition) is 2. The van der Waals surface area contributed by atoms with E-state index >= 15 is 0 Å². The third-order valence-electron chi connectivity index (χ3n) is 6.33. The van der Waals surface area contributed by atoms with Crippen molar-refractivity contribution in [3.05, 3.63) is 29.8 Å². The van der Waals surface area contributed by atoms with Gasteiger partial charge in [-0.2, -0.15) is 13.2 Å². The second kappa shape index (κ2) is 6.80. The summed E-state index contributed by atoms with van der Waals surface area (Å²) in [6, 6.07) is 7.97. The third-order valence-corrected chi connectivity index (χ3v) is 6.33. The lowest BCUT2D eigenvalue weighted by Crippen LogP contribution is -2.42. The predicted molar refractivity (Wildman–Crippen MR) is 98.6 cm³/mol. The number of carbonyl (C=O) groups excluding carboxylic acids is 1. The van der Waals surface area contributed by atoms with Crippen molar-refractivity contribution in [3.63, 3.8) is 0 Å². The molecule has 3 rings (SSSR count). The average molecular weight is 383 g/mol. The number of halogens is 3. The predicted octanol–water partition coefficient (Wildman–Crippen LogP) is 4.82. The first kappa shape index (κ1) is 20.2. The lowest BCUT2D eigenvalue weighted by Gasteiger charge is -2.37. The summed E-state index contributed by atoms with van der Waals surface area (Å²) in [6.07, 6.45) is -4.89. The monoisotopic (exact) mass is 383 g/mol. The van der Waals surface area contributed by atoms with Crippen molar-refractivity contribution in [1.29, 1.82) is 0 Å². The lowest BCUT2D eigenvalue weighted by atomic mass is 9.68. The number of carbonyl (C=O) groups is 1. The molecule has 1 aromatic carbocycles. The zero-order valence-corrected chi connectivity index (χ0v) is 16.1. The summed E-state index contributed by atoms with van der Waals surface area (Å²) in [4.78, 5) is 14.9. The van der Waals surface area contributed by atoms with Crippen LogP contribution in [0.4, 0.5) is 18.9 Å².